The maximum atomic E-state index is 12.4. The van der Waals surface area contributed by atoms with Crippen molar-refractivity contribution in [2.45, 2.75) is 30.6 Å². The number of carbonyl (C=O) groups is 1. The van der Waals surface area contributed by atoms with Crippen molar-refractivity contribution in [3.63, 3.8) is 0 Å². The molecule has 0 saturated heterocycles. The molecular formula is C19H24N2O3S2. The summed E-state index contributed by atoms with van der Waals surface area (Å²) in [5, 5.41) is 2.84. The fourth-order valence-corrected chi connectivity index (χ4v) is 4.00. The molecule has 26 heavy (non-hydrogen) atoms. The summed E-state index contributed by atoms with van der Waals surface area (Å²) in [6, 6.07) is 11.1. The number of benzene rings is 2. The quantitative estimate of drug-likeness (QED) is 0.763. The Hall–Kier alpha value is -1.83. The summed E-state index contributed by atoms with van der Waals surface area (Å²) in [7, 11) is -0.583. The molecule has 0 aliphatic heterocycles. The highest BCUT2D eigenvalue weighted by molar-refractivity contribution is 8.00. The second-order valence-corrected chi connectivity index (χ2v) is 9.55. The average molecular weight is 393 g/mol. The fraction of sp³-hybridized carbons (Fsp3) is 0.316. The molecule has 7 heteroatoms. The highest BCUT2D eigenvalue weighted by Gasteiger charge is 2.20. The Balaban J connectivity index is 2.16. The van der Waals surface area contributed by atoms with E-state index in [0.29, 0.717) is 5.69 Å². The summed E-state index contributed by atoms with van der Waals surface area (Å²) in [5.74, 6) is 0.0872. The van der Waals surface area contributed by atoms with Crippen LogP contribution in [0.3, 0.4) is 0 Å². The zero-order valence-corrected chi connectivity index (χ0v) is 17.3. The van der Waals surface area contributed by atoms with Gasteiger partial charge in [0.2, 0.25) is 15.9 Å². The first kappa shape index (κ1) is 20.5. The van der Waals surface area contributed by atoms with Crippen LogP contribution in [0.25, 0.3) is 0 Å². The molecule has 2 aromatic rings. The van der Waals surface area contributed by atoms with Gasteiger partial charge in [0.15, 0.2) is 0 Å². The lowest BCUT2D eigenvalue weighted by Crippen LogP contribution is -2.23. The van der Waals surface area contributed by atoms with Gasteiger partial charge in [-0.25, -0.2) is 12.7 Å². The molecule has 0 aromatic heterocycles. The van der Waals surface area contributed by atoms with Gasteiger partial charge in [-0.15, -0.1) is 11.8 Å². The Labute approximate surface area is 159 Å². The molecule has 0 fully saturated rings. The summed E-state index contributed by atoms with van der Waals surface area (Å²) >= 11 is 1.44. The summed E-state index contributed by atoms with van der Waals surface area (Å²) < 4.78 is 25.9. The minimum Gasteiger partial charge on any atom is -0.325 e. The molecule has 140 valence electrons. The number of hydrogen-bond donors (Lipinski definition) is 1. The van der Waals surface area contributed by atoms with E-state index in [0.717, 1.165) is 20.3 Å². The van der Waals surface area contributed by atoms with E-state index in [9.17, 15) is 13.2 Å². The Morgan fingerprint density at radius 2 is 1.69 bits per heavy atom. The minimum atomic E-state index is -3.56. The summed E-state index contributed by atoms with van der Waals surface area (Å²) in [5.41, 5.74) is 3.37. The Morgan fingerprint density at radius 3 is 2.27 bits per heavy atom. The van der Waals surface area contributed by atoms with Crippen molar-refractivity contribution in [1.29, 1.82) is 0 Å². The molecule has 0 atom stereocenters. The first-order valence-corrected chi connectivity index (χ1v) is 10.6. The molecule has 5 nitrogen and oxygen atoms in total. The Bertz CT molecular complexity index is 905. The Kier molecular flexibility index (Phi) is 6.49. The van der Waals surface area contributed by atoms with Gasteiger partial charge in [-0.05, 0) is 56.2 Å². The van der Waals surface area contributed by atoms with E-state index < -0.39 is 10.0 Å². The predicted octanol–water partition coefficient (Wildman–Crippen LogP) is 3.59. The lowest BCUT2D eigenvalue weighted by atomic mass is 10.1. The van der Waals surface area contributed by atoms with Gasteiger partial charge in [-0.1, -0.05) is 17.7 Å². The molecule has 0 heterocycles. The summed E-state index contributed by atoms with van der Waals surface area (Å²) in [6.45, 7) is 5.71. The molecule has 2 rings (SSSR count). The number of carbonyl (C=O) groups excluding carboxylic acids is 1. The van der Waals surface area contributed by atoms with Gasteiger partial charge in [0, 0.05) is 24.7 Å². The highest BCUT2D eigenvalue weighted by Crippen LogP contribution is 2.26. The van der Waals surface area contributed by atoms with Gasteiger partial charge in [0.1, 0.15) is 0 Å². The maximum absolute atomic E-state index is 12.4. The Morgan fingerprint density at radius 1 is 1.08 bits per heavy atom. The number of hydrogen-bond acceptors (Lipinski definition) is 4. The fourth-order valence-electron chi connectivity index (χ4n) is 2.29. The average Bonchev–Trinajstić information content (AvgIpc) is 2.58. The van der Waals surface area contributed by atoms with E-state index in [-0.39, 0.29) is 16.6 Å². The van der Waals surface area contributed by atoms with Crippen LogP contribution in [0.4, 0.5) is 5.69 Å². The van der Waals surface area contributed by atoms with Crippen molar-refractivity contribution < 1.29 is 13.2 Å². The standard InChI is InChI=1S/C19H24N2O3S2/c1-13-6-8-16(9-7-13)25-12-19(22)20-18-11-17(10-14(2)15(18)3)26(23,24)21(4)5/h6-11H,12H2,1-5H3,(H,20,22). The van der Waals surface area contributed by atoms with Gasteiger partial charge in [0.05, 0.1) is 10.6 Å². The summed E-state index contributed by atoms with van der Waals surface area (Å²) in [4.78, 5) is 13.5. The monoisotopic (exact) mass is 392 g/mol. The third-order valence-electron chi connectivity index (χ3n) is 4.08. The molecule has 0 unspecified atom stereocenters. The third kappa shape index (κ3) is 4.87. The lowest BCUT2D eigenvalue weighted by Gasteiger charge is -2.16. The van der Waals surface area contributed by atoms with Crippen LogP contribution in [-0.4, -0.2) is 38.5 Å². The molecule has 0 bridgehead atoms. The zero-order chi connectivity index (χ0) is 19.5. The molecule has 1 amide bonds. The first-order valence-electron chi connectivity index (χ1n) is 8.14. The van der Waals surface area contributed by atoms with Crippen LogP contribution >= 0.6 is 11.8 Å². The van der Waals surface area contributed by atoms with Crippen molar-refractivity contribution >= 4 is 33.4 Å². The van der Waals surface area contributed by atoms with E-state index in [1.54, 1.807) is 6.07 Å². The second-order valence-electron chi connectivity index (χ2n) is 6.35. The molecule has 0 saturated carbocycles. The molecule has 0 radical (unpaired) electrons. The molecule has 2 aromatic carbocycles. The topological polar surface area (TPSA) is 66.5 Å². The number of thioether (sulfide) groups is 1. The second kappa shape index (κ2) is 8.24. The van der Waals surface area contributed by atoms with Gasteiger partial charge >= 0.3 is 0 Å². The van der Waals surface area contributed by atoms with Gasteiger partial charge in [-0.3, -0.25) is 4.79 Å². The number of aryl methyl sites for hydroxylation is 2. The van der Waals surface area contributed by atoms with Crippen LogP contribution < -0.4 is 5.32 Å². The van der Waals surface area contributed by atoms with Crippen LogP contribution in [0.5, 0.6) is 0 Å². The molecule has 1 N–H and O–H groups in total. The van der Waals surface area contributed by atoms with Crippen LogP contribution in [-0.2, 0) is 14.8 Å². The van der Waals surface area contributed by atoms with Crippen molar-refractivity contribution in [1.82, 2.24) is 4.31 Å². The highest BCUT2D eigenvalue weighted by atomic mass is 32.2. The van der Waals surface area contributed by atoms with Crippen molar-refractivity contribution in [3.8, 4) is 0 Å². The van der Waals surface area contributed by atoms with E-state index >= 15 is 0 Å². The van der Waals surface area contributed by atoms with Crippen molar-refractivity contribution in [2.24, 2.45) is 0 Å². The number of nitrogens with zero attached hydrogens (tertiary/aromatic N) is 1. The number of sulfonamides is 1. The van der Waals surface area contributed by atoms with Crippen LogP contribution in [0.1, 0.15) is 16.7 Å². The van der Waals surface area contributed by atoms with Gasteiger partial charge in [0.25, 0.3) is 0 Å². The number of rotatable bonds is 6. The summed E-state index contributed by atoms with van der Waals surface area (Å²) in [6.07, 6.45) is 0. The lowest BCUT2D eigenvalue weighted by molar-refractivity contribution is -0.113. The minimum absolute atomic E-state index is 0.169. The normalized spacial score (nSPS) is 11.6. The van der Waals surface area contributed by atoms with E-state index in [4.69, 9.17) is 0 Å². The smallest absolute Gasteiger partial charge is 0.242 e. The number of nitrogens with one attached hydrogen (secondary N) is 1. The predicted molar refractivity (Wildman–Crippen MR) is 107 cm³/mol. The van der Waals surface area contributed by atoms with Crippen molar-refractivity contribution in [2.75, 3.05) is 25.2 Å². The maximum Gasteiger partial charge on any atom is 0.242 e. The third-order valence-corrected chi connectivity index (χ3v) is 6.89. The van der Waals surface area contributed by atoms with Crippen LogP contribution in [0.2, 0.25) is 0 Å². The van der Waals surface area contributed by atoms with Crippen LogP contribution in [0, 0.1) is 20.8 Å². The number of amides is 1. The molecule has 0 aliphatic rings. The zero-order valence-electron chi connectivity index (χ0n) is 15.7. The first-order chi connectivity index (χ1) is 12.1. The molecule has 0 aliphatic carbocycles. The van der Waals surface area contributed by atoms with Crippen molar-refractivity contribution in [3.05, 3.63) is 53.1 Å². The van der Waals surface area contributed by atoms with E-state index in [1.165, 1.54) is 37.5 Å². The molecule has 0 spiro atoms. The van der Waals surface area contributed by atoms with Crippen LogP contribution in [0.15, 0.2) is 46.2 Å². The SMILES string of the molecule is Cc1ccc(SCC(=O)Nc2cc(S(=O)(=O)N(C)C)cc(C)c2C)cc1. The van der Waals surface area contributed by atoms with Gasteiger partial charge < -0.3 is 5.32 Å². The largest absolute Gasteiger partial charge is 0.325 e. The van der Waals surface area contributed by atoms with E-state index in [1.807, 2.05) is 45.0 Å². The van der Waals surface area contributed by atoms with E-state index in [2.05, 4.69) is 5.32 Å². The van der Waals surface area contributed by atoms with Gasteiger partial charge in [-0.2, -0.15) is 0 Å². The molecular weight excluding hydrogens is 368 g/mol. The number of anilines is 1.